The Morgan fingerprint density at radius 1 is 1.30 bits per heavy atom. The summed E-state index contributed by atoms with van der Waals surface area (Å²) in [6.07, 6.45) is 2.08. The molecule has 2 aromatic rings. The number of hydrogen-bond acceptors (Lipinski definition) is 5. The van der Waals surface area contributed by atoms with Crippen molar-refractivity contribution in [3.8, 4) is 0 Å². The number of hydrogen-bond donors (Lipinski definition) is 2. The van der Waals surface area contributed by atoms with Crippen LogP contribution in [0.4, 0.5) is 0 Å². The summed E-state index contributed by atoms with van der Waals surface area (Å²) in [6, 6.07) is 0. The molecule has 0 unspecified atom stereocenters. The maximum Gasteiger partial charge on any atom is 0.250 e. The van der Waals surface area contributed by atoms with E-state index in [2.05, 4.69) is 15.3 Å². The number of nitrogens with one attached hydrogen (secondary N) is 1. The Hall–Kier alpha value is -1.53. The smallest absolute Gasteiger partial charge is 0.250 e. The van der Waals surface area contributed by atoms with E-state index in [0.29, 0.717) is 11.5 Å². The number of aromatic nitrogens is 2. The first-order valence-corrected chi connectivity index (χ1v) is 7.67. The number of nitrogens with two attached hydrogens (primary N) is 1. The van der Waals surface area contributed by atoms with Crippen LogP contribution in [0.25, 0.3) is 10.2 Å². The lowest BCUT2D eigenvalue weighted by Crippen LogP contribution is -2.27. The highest BCUT2D eigenvalue weighted by atomic mass is 32.1. The molecule has 0 aromatic carbocycles. The Morgan fingerprint density at radius 3 is 2.65 bits per heavy atom. The number of primary amides is 1. The van der Waals surface area contributed by atoms with Crippen LogP contribution in [0, 0.1) is 13.8 Å². The molecule has 20 heavy (non-hydrogen) atoms. The lowest BCUT2D eigenvalue weighted by atomic mass is 9.91. The second kappa shape index (κ2) is 5.10. The van der Waals surface area contributed by atoms with Gasteiger partial charge >= 0.3 is 0 Å². The zero-order chi connectivity index (χ0) is 14.3. The van der Waals surface area contributed by atoms with Gasteiger partial charge in [-0.05, 0) is 39.8 Å². The van der Waals surface area contributed by atoms with E-state index >= 15 is 0 Å². The van der Waals surface area contributed by atoms with Crippen LogP contribution in [-0.2, 0) is 0 Å². The molecular weight excluding hydrogens is 272 g/mol. The standard InChI is InChI=1S/C14H18N4OS/c1-7-10(13(15)19)11-12(9-3-5-16-6-4-9)17-8(2)18-14(11)20-7/h9,16H,3-6H2,1-2H3,(H2,15,19). The number of aryl methyl sites for hydroxylation is 2. The molecule has 3 heterocycles. The topological polar surface area (TPSA) is 80.9 Å². The van der Waals surface area contributed by atoms with Crippen molar-refractivity contribution in [2.75, 3.05) is 13.1 Å². The molecule has 1 aliphatic rings. The van der Waals surface area contributed by atoms with Gasteiger partial charge in [-0.1, -0.05) is 0 Å². The van der Waals surface area contributed by atoms with E-state index in [1.807, 2.05) is 13.8 Å². The number of fused-ring (bicyclic) bond motifs is 1. The summed E-state index contributed by atoms with van der Waals surface area (Å²) >= 11 is 1.53. The van der Waals surface area contributed by atoms with Crippen LogP contribution in [0.3, 0.4) is 0 Å². The number of thiophene rings is 1. The van der Waals surface area contributed by atoms with Crippen molar-refractivity contribution in [3.63, 3.8) is 0 Å². The maximum atomic E-state index is 11.8. The second-order valence-corrected chi connectivity index (χ2v) is 6.46. The van der Waals surface area contributed by atoms with Gasteiger partial charge in [0.2, 0.25) is 0 Å². The third-order valence-corrected chi connectivity index (χ3v) is 4.84. The number of amides is 1. The summed E-state index contributed by atoms with van der Waals surface area (Å²) < 4.78 is 0. The molecule has 3 N–H and O–H groups in total. The monoisotopic (exact) mass is 290 g/mol. The minimum absolute atomic E-state index is 0.378. The highest BCUT2D eigenvalue weighted by Gasteiger charge is 2.25. The van der Waals surface area contributed by atoms with E-state index < -0.39 is 0 Å². The Morgan fingerprint density at radius 2 is 2.00 bits per heavy atom. The van der Waals surface area contributed by atoms with Gasteiger partial charge in [-0.2, -0.15) is 0 Å². The van der Waals surface area contributed by atoms with Gasteiger partial charge in [0, 0.05) is 16.2 Å². The van der Waals surface area contributed by atoms with Crippen LogP contribution < -0.4 is 11.1 Å². The fourth-order valence-corrected chi connectivity index (χ4v) is 4.02. The number of carbonyl (C=O) groups is 1. The summed E-state index contributed by atoms with van der Waals surface area (Å²) in [5.74, 6) is 0.771. The fraction of sp³-hybridized carbons (Fsp3) is 0.500. The highest BCUT2D eigenvalue weighted by molar-refractivity contribution is 7.19. The molecule has 6 heteroatoms. The average Bonchev–Trinajstić information content (AvgIpc) is 2.74. The Labute approximate surface area is 121 Å². The Bertz CT molecular complexity index is 673. The molecule has 0 spiro atoms. The quantitative estimate of drug-likeness (QED) is 0.885. The van der Waals surface area contributed by atoms with Gasteiger partial charge in [-0.3, -0.25) is 4.79 Å². The summed E-state index contributed by atoms with van der Waals surface area (Å²) in [5.41, 5.74) is 7.18. The Kier molecular flexibility index (Phi) is 3.43. The summed E-state index contributed by atoms with van der Waals surface area (Å²) in [6.45, 7) is 5.81. The van der Waals surface area contributed by atoms with Gasteiger partial charge < -0.3 is 11.1 Å². The van der Waals surface area contributed by atoms with E-state index in [0.717, 1.165) is 52.5 Å². The van der Waals surface area contributed by atoms with Crippen LogP contribution in [0.2, 0.25) is 0 Å². The third kappa shape index (κ3) is 2.19. The van der Waals surface area contributed by atoms with Gasteiger partial charge in [0.25, 0.3) is 5.91 Å². The Balaban J connectivity index is 2.25. The van der Waals surface area contributed by atoms with E-state index in [9.17, 15) is 4.79 Å². The normalized spacial score (nSPS) is 16.7. The van der Waals surface area contributed by atoms with Crippen LogP contribution >= 0.6 is 11.3 Å². The lowest BCUT2D eigenvalue weighted by Gasteiger charge is -2.23. The van der Waals surface area contributed by atoms with Crippen molar-refractivity contribution in [1.29, 1.82) is 0 Å². The molecule has 3 rings (SSSR count). The summed E-state index contributed by atoms with van der Waals surface area (Å²) in [5, 5.41) is 4.24. The molecule has 1 aliphatic heterocycles. The molecule has 1 amide bonds. The van der Waals surface area contributed by atoms with Crippen LogP contribution in [0.1, 0.15) is 45.5 Å². The molecule has 5 nitrogen and oxygen atoms in total. The van der Waals surface area contributed by atoms with Crippen LogP contribution in [0.5, 0.6) is 0 Å². The molecule has 1 saturated heterocycles. The molecule has 1 fully saturated rings. The summed E-state index contributed by atoms with van der Waals surface area (Å²) in [7, 11) is 0. The van der Waals surface area contributed by atoms with Crippen molar-refractivity contribution < 1.29 is 4.79 Å². The molecule has 0 aliphatic carbocycles. The van der Waals surface area contributed by atoms with Crippen molar-refractivity contribution in [2.45, 2.75) is 32.6 Å². The van der Waals surface area contributed by atoms with Crippen LogP contribution in [0.15, 0.2) is 0 Å². The molecule has 0 radical (unpaired) electrons. The highest BCUT2D eigenvalue weighted by Crippen LogP contribution is 2.36. The van der Waals surface area contributed by atoms with Crippen LogP contribution in [-0.4, -0.2) is 29.0 Å². The van der Waals surface area contributed by atoms with Gasteiger partial charge in [0.05, 0.1) is 11.3 Å². The molecular formula is C14H18N4OS. The first-order valence-electron chi connectivity index (χ1n) is 6.86. The predicted molar refractivity (Wildman–Crippen MR) is 80.3 cm³/mol. The van der Waals surface area contributed by atoms with Crippen molar-refractivity contribution in [3.05, 3.63) is 22.0 Å². The molecule has 0 bridgehead atoms. The predicted octanol–water partition coefficient (Wildman–Crippen LogP) is 1.87. The van der Waals surface area contributed by atoms with E-state index in [4.69, 9.17) is 5.73 Å². The van der Waals surface area contributed by atoms with Gasteiger partial charge in [-0.25, -0.2) is 9.97 Å². The molecule has 106 valence electrons. The van der Waals surface area contributed by atoms with Crippen molar-refractivity contribution >= 4 is 27.5 Å². The third-order valence-electron chi connectivity index (χ3n) is 3.84. The number of carbonyl (C=O) groups excluding carboxylic acids is 1. The van der Waals surface area contributed by atoms with Gasteiger partial charge in [-0.15, -0.1) is 11.3 Å². The SMILES string of the molecule is Cc1nc(C2CCNCC2)c2c(C(N)=O)c(C)sc2n1. The summed E-state index contributed by atoms with van der Waals surface area (Å²) in [4.78, 5) is 22.7. The first kappa shape index (κ1) is 13.5. The van der Waals surface area contributed by atoms with Gasteiger partial charge in [0.15, 0.2) is 0 Å². The zero-order valence-corrected chi connectivity index (χ0v) is 12.5. The van der Waals surface area contributed by atoms with Crippen molar-refractivity contribution in [2.24, 2.45) is 5.73 Å². The molecule has 2 aromatic heterocycles. The van der Waals surface area contributed by atoms with Crippen molar-refractivity contribution in [1.82, 2.24) is 15.3 Å². The van der Waals surface area contributed by atoms with E-state index in [-0.39, 0.29) is 5.91 Å². The fourth-order valence-electron chi connectivity index (χ4n) is 2.94. The first-order chi connectivity index (χ1) is 9.58. The zero-order valence-electron chi connectivity index (χ0n) is 11.7. The minimum atomic E-state index is -0.378. The second-order valence-electron chi connectivity index (χ2n) is 5.26. The maximum absolute atomic E-state index is 11.8. The molecule has 0 saturated carbocycles. The minimum Gasteiger partial charge on any atom is -0.366 e. The number of rotatable bonds is 2. The largest absolute Gasteiger partial charge is 0.366 e. The molecule has 0 atom stereocenters. The van der Waals surface area contributed by atoms with E-state index in [1.54, 1.807) is 0 Å². The number of piperidine rings is 1. The lowest BCUT2D eigenvalue weighted by molar-refractivity contribution is 0.100. The number of nitrogens with zero attached hydrogens (tertiary/aromatic N) is 2. The van der Waals surface area contributed by atoms with E-state index in [1.165, 1.54) is 11.3 Å². The van der Waals surface area contributed by atoms with Gasteiger partial charge in [0.1, 0.15) is 10.7 Å². The average molecular weight is 290 g/mol.